The molecule has 0 aliphatic carbocycles. The molecule has 0 saturated carbocycles. The van der Waals surface area contributed by atoms with E-state index >= 15 is 0 Å². The summed E-state index contributed by atoms with van der Waals surface area (Å²) in [4.78, 5) is 0. The third kappa shape index (κ3) is 3.74. The Morgan fingerprint density at radius 3 is 2.81 bits per heavy atom. The molecule has 2 nitrogen and oxygen atoms in total. The molecule has 0 heterocycles. The van der Waals surface area contributed by atoms with E-state index in [2.05, 4.69) is 0 Å². The van der Waals surface area contributed by atoms with Gasteiger partial charge in [-0.25, -0.2) is 4.39 Å². The highest BCUT2D eigenvalue weighted by Gasteiger charge is 2.14. The van der Waals surface area contributed by atoms with Crippen LogP contribution in [0, 0.1) is 11.7 Å². The topological polar surface area (TPSA) is 35.2 Å². The van der Waals surface area contributed by atoms with Gasteiger partial charge in [-0.05, 0) is 36.1 Å². The van der Waals surface area contributed by atoms with Gasteiger partial charge in [0.15, 0.2) is 0 Å². The van der Waals surface area contributed by atoms with E-state index in [9.17, 15) is 4.39 Å². The average molecular weight is 246 g/mol. The predicted molar refractivity (Wildman–Crippen MR) is 64.0 cm³/mol. The van der Waals surface area contributed by atoms with Gasteiger partial charge in [0.25, 0.3) is 0 Å². The lowest BCUT2D eigenvalue weighted by Crippen LogP contribution is -2.17. The lowest BCUT2D eigenvalue weighted by atomic mass is 9.97. The van der Waals surface area contributed by atoms with Gasteiger partial charge in [-0.15, -0.1) is 0 Å². The minimum Gasteiger partial charge on any atom is -0.384 e. The van der Waals surface area contributed by atoms with Crippen molar-refractivity contribution < 1.29 is 9.13 Å². The zero-order valence-electron chi connectivity index (χ0n) is 9.54. The number of methoxy groups -OCH3 is 1. The first-order valence-corrected chi connectivity index (χ1v) is 5.61. The van der Waals surface area contributed by atoms with E-state index in [0.717, 1.165) is 6.42 Å². The van der Waals surface area contributed by atoms with Crippen molar-refractivity contribution in [1.29, 1.82) is 0 Å². The van der Waals surface area contributed by atoms with Gasteiger partial charge in [0.2, 0.25) is 0 Å². The summed E-state index contributed by atoms with van der Waals surface area (Å²) in [6, 6.07) is 4.00. The van der Waals surface area contributed by atoms with Crippen LogP contribution in [0.1, 0.15) is 24.9 Å². The number of benzene rings is 1. The molecule has 2 atom stereocenters. The Labute approximate surface area is 101 Å². The van der Waals surface area contributed by atoms with E-state index in [0.29, 0.717) is 23.1 Å². The van der Waals surface area contributed by atoms with Crippen molar-refractivity contribution in [2.24, 2.45) is 11.7 Å². The van der Waals surface area contributed by atoms with E-state index in [1.54, 1.807) is 7.11 Å². The number of hydrogen-bond acceptors (Lipinski definition) is 2. The van der Waals surface area contributed by atoms with Crippen LogP contribution in [0.3, 0.4) is 0 Å². The number of halogens is 2. The van der Waals surface area contributed by atoms with Crippen LogP contribution in [-0.2, 0) is 4.74 Å². The maximum atomic E-state index is 13.1. The van der Waals surface area contributed by atoms with Crippen LogP contribution in [0.4, 0.5) is 4.39 Å². The second-order valence-electron chi connectivity index (χ2n) is 4.07. The Bertz CT molecular complexity index is 346. The van der Waals surface area contributed by atoms with Crippen LogP contribution >= 0.6 is 11.6 Å². The molecule has 0 aliphatic rings. The monoisotopic (exact) mass is 245 g/mol. The number of rotatable bonds is 5. The average Bonchev–Trinajstić information content (AvgIpc) is 2.21. The third-order valence-corrected chi connectivity index (χ3v) is 2.81. The van der Waals surface area contributed by atoms with Crippen LogP contribution < -0.4 is 5.73 Å². The number of hydrogen-bond donors (Lipinski definition) is 1. The molecule has 0 amide bonds. The molecule has 1 aromatic rings. The van der Waals surface area contributed by atoms with Crippen molar-refractivity contribution in [2.75, 3.05) is 13.7 Å². The van der Waals surface area contributed by atoms with E-state index in [4.69, 9.17) is 22.1 Å². The minimum absolute atomic E-state index is 0.256. The summed E-state index contributed by atoms with van der Waals surface area (Å²) in [5.41, 5.74) is 6.65. The number of nitrogens with two attached hydrogens (primary N) is 1. The van der Waals surface area contributed by atoms with Crippen LogP contribution in [0.5, 0.6) is 0 Å². The fourth-order valence-electron chi connectivity index (χ4n) is 1.71. The molecule has 1 aromatic carbocycles. The Morgan fingerprint density at radius 1 is 1.50 bits per heavy atom. The molecule has 4 heteroatoms. The quantitative estimate of drug-likeness (QED) is 0.865. The fourth-order valence-corrected chi connectivity index (χ4v) is 1.97. The molecule has 2 N–H and O–H groups in total. The first-order valence-electron chi connectivity index (χ1n) is 5.24. The lowest BCUT2D eigenvalue weighted by molar-refractivity contribution is 0.152. The second-order valence-corrected chi connectivity index (χ2v) is 4.48. The summed E-state index contributed by atoms with van der Waals surface area (Å²) in [5, 5.41) is 0.513. The van der Waals surface area contributed by atoms with Crippen molar-refractivity contribution in [3.8, 4) is 0 Å². The summed E-state index contributed by atoms with van der Waals surface area (Å²) >= 11 is 5.97. The van der Waals surface area contributed by atoms with Gasteiger partial charge in [-0.3, -0.25) is 0 Å². The van der Waals surface area contributed by atoms with E-state index < -0.39 is 0 Å². The SMILES string of the molecule is COCC(C)CC(N)c1cc(F)ccc1Cl. The van der Waals surface area contributed by atoms with Gasteiger partial charge in [-0.1, -0.05) is 18.5 Å². The Balaban J connectivity index is 2.72. The molecule has 2 unspecified atom stereocenters. The minimum atomic E-state index is -0.311. The number of ether oxygens (including phenoxy) is 1. The summed E-state index contributed by atoms with van der Waals surface area (Å²) < 4.78 is 18.1. The van der Waals surface area contributed by atoms with Crippen LogP contribution in [0.25, 0.3) is 0 Å². The van der Waals surface area contributed by atoms with Gasteiger partial charge in [0.1, 0.15) is 5.82 Å². The van der Waals surface area contributed by atoms with Crippen molar-refractivity contribution in [3.05, 3.63) is 34.6 Å². The molecular weight excluding hydrogens is 229 g/mol. The van der Waals surface area contributed by atoms with Crippen molar-refractivity contribution in [1.82, 2.24) is 0 Å². The molecule has 16 heavy (non-hydrogen) atoms. The van der Waals surface area contributed by atoms with E-state index in [-0.39, 0.29) is 11.9 Å². The van der Waals surface area contributed by atoms with Gasteiger partial charge in [0.05, 0.1) is 0 Å². The van der Waals surface area contributed by atoms with Crippen molar-refractivity contribution in [3.63, 3.8) is 0 Å². The largest absolute Gasteiger partial charge is 0.384 e. The molecule has 0 radical (unpaired) electrons. The van der Waals surface area contributed by atoms with Crippen molar-refractivity contribution >= 4 is 11.6 Å². The predicted octanol–water partition coefficient (Wildman–Crippen LogP) is 3.15. The molecule has 0 spiro atoms. The molecule has 1 rings (SSSR count). The molecule has 0 aliphatic heterocycles. The summed E-state index contributed by atoms with van der Waals surface area (Å²) in [7, 11) is 1.65. The highest BCUT2D eigenvalue weighted by atomic mass is 35.5. The third-order valence-electron chi connectivity index (χ3n) is 2.47. The van der Waals surface area contributed by atoms with E-state index in [1.807, 2.05) is 6.92 Å². The molecule has 0 aromatic heterocycles. The zero-order valence-corrected chi connectivity index (χ0v) is 10.3. The first kappa shape index (κ1) is 13.4. The van der Waals surface area contributed by atoms with Crippen LogP contribution in [-0.4, -0.2) is 13.7 Å². The van der Waals surface area contributed by atoms with Crippen molar-refractivity contribution in [2.45, 2.75) is 19.4 Å². The molecule has 0 fully saturated rings. The highest BCUT2D eigenvalue weighted by molar-refractivity contribution is 6.31. The Morgan fingerprint density at radius 2 is 2.19 bits per heavy atom. The Hall–Kier alpha value is -0.640. The molecule has 0 saturated heterocycles. The lowest BCUT2D eigenvalue weighted by Gasteiger charge is -2.18. The van der Waals surface area contributed by atoms with Crippen LogP contribution in [0.15, 0.2) is 18.2 Å². The van der Waals surface area contributed by atoms with Crippen LogP contribution in [0.2, 0.25) is 5.02 Å². The first-order chi connectivity index (χ1) is 7.54. The maximum absolute atomic E-state index is 13.1. The maximum Gasteiger partial charge on any atom is 0.123 e. The Kier molecular flexibility index (Phi) is 5.19. The van der Waals surface area contributed by atoms with Gasteiger partial charge >= 0.3 is 0 Å². The standard InChI is InChI=1S/C12H17ClFNO/c1-8(7-16-2)5-12(15)10-6-9(14)3-4-11(10)13/h3-4,6,8,12H,5,7,15H2,1-2H3. The van der Waals surface area contributed by atoms with Gasteiger partial charge in [0, 0.05) is 24.8 Å². The zero-order chi connectivity index (χ0) is 12.1. The second kappa shape index (κ2) is 6.18. The normalized spacial score (nSPS) is 14.8. The summed E-state index contributed by atoms with van der Waals surface area (Å²) in [6.07, 6.45) is 0.719. The molecule has 90 valence electrons. The smallest absolute Gasteiger partial charge is 0.123 e. The molecule has 0 bridgehead atoms. The summed E-state index contributed by atoms with van der Waals surface area (Å²) in [6.45, 7) is 2.68. The fraction of sp³-hybridized carbons (Fsp3) is 0.500. The summed E-state index contributed by atoms with van der Waals surface area (Å²) in [5.74, 6) is 0.00794. The highest BCUT2D eigenvalue weighted by Crippen LogP contribution is 2.26. The van der Waals surface area contributed by atoms with Gasteiger partial charge < -0.3 is 10.5 Å². The van der Waals surface area contributed by atoms with E-state index in [1.165, 1.54) is 18.2 Å². The van der Waals surface area contributed by atoms with Gasteiger partial charge in [-0.2, -0.15) is 0 Å². The molecular formula is C12H17ClFNO.